The van der Waals surface area contributed by atoms with Crippen molar-refractivity contribution in [1.29, 1.82) is 5.26 Å². The predicted octanol–water partition coefficient (Wildman–Crippen LogP) is 5.23. The number of benzene rings is 2. The van der Waals surface area contributed by atoms with Gasteiger partial charge in [-0.25, -0.2) is 4.39 Å². The summed E-state index contributed by atoms with van der Waals surface area (Å²) in [4.78, 5) is 0. The molecule has 2 aromatic rings. The third-order valence-electron chi connectivity index (χ3n) is 2.76. The van der Waals surface area contributed by atoms with Gasteiger partial charge in [0.25, 0.3) is 0 Å². The van der Waals surface area contributed by atoms with Crippen molar-refractivity contribution in [2.75, 3.05) is 5.32 Å². The molecule has 0 spiro atoms. The van der Waals surface area contributed by atoms with Gasteiger partial charge in [-0.15, -0.1) is 0 Å². The normalized spacial score (nSPS) is 11.8. The second-order valence-electron chi connectivity index (χ2n) is 4.39. The van der Waals surface area contributed by atoms with Gasteiger partial charge >= 0.3 is 0 Å². The molecule has 0 saturated heterocycles. The van der Waals surface area contributed by atoms with E-state index in [0.717, 1.165) is 15.6 Å². The summed E-state index contributed by atoms with van der Waals surface area (Å²) in [5.41, 5.74) is 2.11. The zero-order valence-electron chi connectivity index (χ0n) is 10.6. The van der Waals surface area contributed by atoms with Crippen molar-refractivity contribution in [2.24, 2.45) is 0 Å². The molecule has 1 atom stereocenters. The number of rotatable bonds is 3. The smallest absolute Gasteiger partial charge is 0.141 e. The molecule has 1 N–H and O–H groups in total. The van der Waals surface area contributed by atoms with E-state index >= 15 is 0 Å². The van der Waals surface area contributed by atoms with Crippen LogP contribution in [0.5, 0.6) is 0 Å². The van der Waals surface area contributed by atoms with Crippen LogP contribution < -0.4 is 5.32 Å². The number of halogens is 3. The Hall–Kier alpha value is -1.57. The Balaban J connectivity index is 2.31. The lowest BCUT2D eigenvalue weighted by molar-refractivity contribution is 0.627. The summed E-state index contributed by atoms with van der Waals surface area (Å²) in [5.74, 6) is -0.334. The van der Waals surface area contributed by atoms with E-state index in [1.165, 1.54) is 12.1 Å². The molecule has 102 valence electrons. The van der Waals surface area contributed by atoms with Gasteiger partial charge in [0.05, 0.1) is 6.07 Å². The van der Waals surface area contributed by atoms with Gasteiger partial charge in [-0.05, 0) is 42.8 Å². The van der Waals surface area contributed by atoms with Crippen molar-refractivity contribution >= 4 is 33.2 Å². The molecular formula is C15H11BrClFN2. The lowest BCUT2D eigenvalue weighted by Gasteiger charge is -2.15. The van der Waals surface area contributed by atoms with E-state index in [1.807, 2.05) is 0 Å². The quantitative estimate of drug-likeness (QED) is 0.820. The number of nitrogens with zero attached hydrogens (tertiary/aromatic N) is 1. The van der Waals surface area contributed by atoms with Crippen molar-refractivity contribution in [1.82, 2.24) is 0 Å². The molecule has 0 radical (unpaired) electrons. The summed E-state index contributed by atoms with van der Waals surface area (Å²) in [6.07, 6.45) is 0. The van der Waals surface area contributed by atoms with E-state index < -0.39 is 6.04 Å². The van der Waals surface area contributed by atoms with E-state index in [0.29, 0.717) is 10.7 Å². The maximum absolute atomic E-state index is 13.4. The largest absolute Gasteiger partial charge is 0.366 e. The second-order valence-corrected chi connectivity index (χ2v) is 5.68. The third-order valence-corrected chi connectivity index (χ3v) is 3.68. The highest BCUT2D eigenvalue weighted by atomic mass is 79.9. The van der Waals surface area contributed by atoms with Gasteiger partial charge < -0.3 is 5.32 Å². The Bertz CT molecular complexity index is 662. The van der Waals surface area contributed by atoms with Crippen LogP contribution in [0.1, 0.15) is 17.2 Å². The molecule has 2 nitrogen and oxygen atoms in total. The molecule has 20 heavy (non-hydrogen) atoms. The second kappa shape index (κ2) is 6.25. The first-order valence-electron chi connectivity index (χ1n) is 5.88. The number of aryl methyl sites for hydroxylation is 1. The highest BCUT2D eigenvalue weighted by Crippen LogP contribution is 2.29. The van der Waals surface area contributed by atoms with Gasteiger partial charge in [-0.1, -0.05) is 33.6 Å². The molecule has 1 unspecified atom stereocenters. The number of nitriles is 1. The Morgan fingerprint density at radius 2 is 2.05 bits per heavy atom. The number of nitrogens with one attached hydrogen (secondary N) is 1. The van der Waals surface area contributed by atoms with E-state index in [4.69, 9.17) is 11.6 Å². The zero-order valence-corrected chi connectivity index (χ0v) is 13.0. The first kappa shape index (κ1) is 14.8. The van der Waals surface area contributed by atoms with Gasteiger partial charge in [0.1, 0.15) is 11.9 Å². The lowest BCUT2D eigenvalue weighted by atomic mass is 10.1. The van der Waals surface area contributed by atoms with Gasteiger partial charge in [0.15, 0.2) is 0 Å². The fourth-order valence-electron chi connectivity index (χ4n) is 1.90. The van der Waals surface area contributed by atoms with Crippen molar-refractivity contribution in [3.63, 3.8) is 0 Å². The van der Waals surface area contributed by atoms with Crippen LogP contribution in [0.3, 0.4) is 0 Å². The third kappa shape index (κ3) is 3.50. The molecule has 0 fully saturated rings. The zero-order chi connectivity index (χ0) is 14.7. The van der Waals surface area contributed by atoms with Crippen molar-refractivity contribution < 1.29 is 4.39 Å². The van der Waals surface area contributed by atoms with Crippen LogP contribution in [0.15, 0.2) is 40.9 Å². The fourth-order valence-corrected chi connectivity index (χ4v) is 2.81. The topological polar surface area (TPSA) is 35.8 Å². The summed E-state index contributed by atoms with van der Waals surface area (Å²) in [6, 6.07) is 11.3. The standard InChI is InChI=1S/C15H11BrClFN2/c1-9-4-11(18)7-12(5-9)20-15(8-19)13-3-2-10(17)6-14(13)16/h2-7,15,20H,1H3. The predicted molar refractivity (Wildman–Crippen MR) is 82.3 cm³/mol. The molecule has 0 amide bonds. The van der Waals surface area contributed by atoms with Gasteiger partial charge in [0, 0.05) is 20.7 Å². The Labute approximate surface area is 130 Å². The summed E-state index contributed by atoms with van der Waals surface area (Å²) >= 11 is 9.26. The summed E-state index contributed by atoms with van der Waals surface area (Å²) < 4.78 is 14.1. The first-order chi connectivity index (χ1) is 9.49. The average molecular weight is 354 g/mol. The number of hydrogen-bond donors (Lipinski definition) is 1. The van der Waals surface area contributed by atoms with Crippen molar-refractivity contribution in [3.05, 3.63) is 62.8 Å². The molecule has 0 aliphatic carbocycles. The molecule has 5 heteroatoms. The maximum atomic E-state index is 13.4. The number of hydrogen-bond acceptors (Lipinski definition) is 2. The highest BCUT2D eigenvalue weighted by Gasteiger charge is 2.14. The molecule has 0 heterocycles. The van der Waals surface area contributed by atoms with Crippen molar-refractivity contribution in [2.45, 2.75) is 13.0 Å². The number of anilines is 1. The van der Waals surface area contributed by atoms with Crippen LogP contribution in [0.4, 0.5) is 10.1 Å². The Morgan fingerprint density at radius 1 is 1.30 bits per heavy atom. The SMILES string of the molecule is Cc1cc(F)cc(NC(C#N)c2ccc(Cl)cc2Br)c1. The van der Waals surface area contributed by atoms with Crippen LogP contribution in [-0.2, 0) is 0 Å². The summed E-state index contributed by atoms with van der Waals surface area (Å²) in [5, 5.41) is 12.9. The minimum atomic E-state index is -0.595. The minimum absolute atomic E-state index is 0.334. The molecule has 0 saturated carbocycles. The summed E-state index contributed by atoms with van der Waals surface area (Å²) in [6.45, 7) is 1.80. The molecule has 0 aliphatic heterocycles. The van der Waals surface area contributed by atoms with Crippen LogP contribution in [0.2, 0.25) is 5.02 Å². The molecule has 2 rings (SSSR count). The van der Waals surface area contributed by atoms with Gasteiger partial charge in [0.2, 0.25) is 0 Å². The first-order valence-corrected chi connectivity index (χ1v) is 7.05. The van der Waals surface area contributed by atoms with Gasteiger partial charge in [-0.3, -0.25) is 0 Å². The molecular weight excluding hydrogens is 343 g/mol. The minimum Gasteiger partial charge on any atom is -0.366 e. The lowest BCUT2D eigenvalue weighted by Crippen LogP contribution is -2.09. The van der Waals surface area contributed by atoms with E-state index in [2.05, 4.69) is 27.3 Å². The van der Waals surface area contributed by atoms with Crippen LogP contribution in [0.25, 0.3) is 0 Å². The maximum Gasteiger partial charge on any atom is 0.141 e. The Morgan fingerprint density at radius 3 is 2.65 bits per heavy atom. The summed E-state index contributed by atoms with van der Waals surface area (Å²) in [7, 11) is 0. The highest BCUT2D eigenvalue weighted by molar-refractivity contribution is 9.10. The van der Waals surface area contributed by atoms with E-state index in [-0.39, 0.29) is 5.82 Å². The van der Waals surface area contributed by atoms with E-state index in [1.54, 1.807) is 31.2 Å². The van der Waals surface area contributed by atoms with Crippen LogP contribution >= 0.6 is 27.5 Å². The molecule has 2 aromatic carbocycles. The molecule has 0 aromatic heterocycles. The molecule has 0 aliphatic rings. The fraction of sp³-hybridized carbons (Fsp3) is 0.133. The van der Waals surface area contributed by atoms with Gasteiger partial charge in [-0.2, -0.15) is 5.26 Å². The average Bonchev–Trinajstić information content (AvgIpc) is 2.35. The van der Waals surface area contributed by atoms with E-state index in [9.17, 15) is 9.65 Å². The van der Waals surface area contributed by atoms with Crippen LogP contribution in [-0.4, -0.2) is 0 Å². The van der Waals surface area contributed by atoms with Crippen LogP contribution in [0, 0.1) is 24.1 Å². The Kier molecular flexibility index (Phi) is 4.64. The molecule has 0 bridgehead atoms. The monoisotopic (exact) mass is 352 g/mol. The van der Waals surface area contributed by atoms with Crippen molar-refractivity contribution in [3.8, 4) is 6.07 Å².